The zero-order chi connectivity index (χ0) is 13.1. The summed E-state index contributed by atoms with van der Waals surface area (Å²) in [5.41, 5.74) is 1.34. The lowest BCUT2D eigenvalue weighted by atomic mass is 10.1. The quantitative estimate of drug-likeness (QED) is 0.793. The standard InChI is InChI=1S/C14H16ClNO2/c1-10(15)7-8-16(2)14(17)12-9-18-13-6-4-3-5-11(12)13/h3-6,9-10H,7-8H2,1-2H3. The van der Waals surface area contributed by atoms with Crippen LogP contribution in [0.3, 0.4) is 0 Å². The third kappa shape index (κ3) is 2.67. The van der Waals surface area contributed by atoms with Gasteiger partial charge in [-0.1, -0.05) is 18.2 Å². The molecule has 0 saturated heterocycles. The third-order valence-corrected chi connectivity index (χ3v) is 3.14. The van der Waals surface area contributed by atoms with Crippen LogP contribution in [-0.2, 0) is 0 Å². The summed E-state index contributed by atoms with van der Waals surface area (Å²) >= 11 is 5.89. The highest BCUT2D eigenvalue weighted by Gasteiger charge is 2.17. The minimum atomic E-state index is -0.0303. The van der Waals surface area contributed by atoms with Gasteiger partial charge in [-0.15, -0.1) is 11.6 Å². The Kier molecular flexibility index (Phi) is 3.92. The molecule has 0 aliphatic rings. The highest BCUT2D eigenvalue weighted by molar-refractivity contribution is 6.20. The molecular formula is C14H16ClNO2. The Morgan fingerprint density at radius 2 is 2.17 bits per heavy atom. The van der Waals surface area contributed by atoms with E-state index < -0.39 is 0 Å². The van der Waals surface area contributed by atoms with Crippen molar-refractivity contribution in [2.24, 2.45) is 0 Å². The topological polar surface area (TPSA) is 33.5 Å². The normalized spacial score (nSPS) is 12.6. The van der Waals surface area contributed by atoms with Crippen molar-refractivity contribution in [1.29, 1.82) is 0 Å². The predicted molar refractivity (Wildman–Crippen MR) is 73.1 cm³/mol. The summed E-state index contributed by atoms with van der Waals surface area (Å²) in [6.45, 7) is 2.57. The molecular weight excluding hydrogens is 250 g/mol. The number of benzene rings is 1. The van der Waals surface area contributed by atoms with Crippen molar-refractivity contribution in [2.75, 3.05) is 13.6 Å². The summed E-state index contributed by atoms with van der Waals surface area (Å²) < 4.78 is 5.37. The van der Waals surface area contributed by atoms with Crippen LogP contribution in [0.25, 0.3) is 11.0 Å². The lowest BCUT2D eigenvalue weighted by molar-refractivity contribution is 0.0794. The first-order chi connectivity index (χ1) is 8.59. The molecule has 18 heavy (non-hydrogen) atoms. The average Bonchev–Trinajstić information content (AvgIpc) is 2.78. The van der Waals surface area contributed by atoms with Gasteiger partial charge in [0.1, 0.15) is 11.8 Å². The van der Waals surface area contributed by atoms with Gasteiger partial charge in [0, 0.05) is 24.4 Å². The number of hydrogen-bond acceptors (Lipinski definition) is 2. The Bertz CT molecular complexity index is 547. The van der Waals surface area contributed by atoms with E-state index in [-0.39, 0.29) is 11.3 Å². The zero-order valence-corrected chi connectivity index (χ0v) is 11.3. The van der Waals surface area contributed by atoms with Crippen LogP contribution in [0.2, 0.25) is 0 Å². The molecule has 3 nitrogen and oxygen atoms in total. The fourth-order valence-electron chi connectivity index (χ4n) is 1.82. The van der Waals surface area contributed by atoms with Gasteiger partial charge in [-0.3, -0.25) is 4.79 Å². The number of carbonyl (C=O) groups excluding carboxylic acids is 1. The Balaban J connectivity index is 2.18. The van der Waals surface area contributed by atoms with Crippen LogP contribution in [0.1, 0.15) is 23.7 Å². The molecule has 0 bridgehead atoms. The summed E-state index contributed by atoms with van der Waals surface area (Å²) in [5, 5.41) is 0.926. The minimum absolute atomic E-state index is 0.0303. The van der Waals surface area contributed by atoms with E-state index in [1.165, 1.54) is 6.26 Å². The number of rotatable bonds is 4. The van der Waals surface area contributed by atoms with Gasteiger partial charge in [0.05, 0.1) is 5.56 Å². The number of fused-ring (bicyclic) bond motifs is 1. The van der Waals surface area contributed by atoms with Crippen LogP contribution in [0.5, 0.6) is 0 Å². The van der Waals surface area contributed by atoms with Crippen LogP contribution in [-0.4, -0.2) is 29.8 Å². The lowest BCUT2D eigenvalue weighted by Gasteiger charge is -2.17. The first kappa shape index (κ1) is 13.0. The molecule has 2 aromatic rings. The maximum Gasteiger partial charge on any atom is 0.257 e. The van der Waals surface area contributed by atoms with Crippen molar-refractivity contribution in [3.63, 3.8) is 0 Å². The summed E-state index contributed by atoms with van der Waals surface area (Å²) in [6.07, 6.45) is 2.30. The monoisotopic (exact) mass is 265 g/mol. The van der Waals surface area contributed by atoms with Gasteiger partial charge in [-0.2, -0.15) is 0 Å². The van der Waals surface area contributed by atoms with Gasteiger partial charge in [0.25, 0.3) is 5.91 Å². The van der Waals surface area contributed by atoms with Crippen LogP contribution in [0.15, 0.2) is 34.9 Å². The van der Waals surface area contributed by atoms with Gasteiger partial charge in [0.2, 0.25) is 0 Å². The van der Waals surface area contributed by atoms with Crippen LogP contribution in [0, 0.1) is 0 Å². The maximum atomic E-state index is 12.3. The molecule has 1 aromatic carbocycles. The van der Waals surface area contributed by atoms with Gasteiger partial charge in [-0.25, -0.2) is 0 Å². The van der Waals surface area contributed by atoms with Gasteiger partial charge in [-0.05, 0) is 19.4 Å². The second kappa shape index (κ2) is 5.44. The molecule has 0 aliphatic carbocycles. The number of halogens is 1. The molecule has 0 fully saturated rings. The predicted octanol–water partition coefficient (Wildman–Crippen LogP) is 3.52. The summed E-state index contributed by atoms with van der Waals surface area (Å²) in [5.74, 6) is -0.0303. The number of nitrogens with zero attached hydrogens (tertiary/aromatic N) is 1. The number of amides is 1. The molecule has 0 radical (unpaired) electrons. The van der Waals surface area contributed by atoms with Crippen molar-refractivity contribution >= 4 is 28.5 Å². The highest BCUT2D eigenvalue weighted by atomic mass is 35.5. The summed E-state index contributed by atoms with van der Waals surface area (Å²) in [4.78, 5) is 13.9. The van der Waals surface area contributed by atoms with E-state index in [4.69, 9.17) is 16.0 Å². The molecule has 0 saturated carbocycles. The molecule has 1 aromatic heterocycles. The Morgan fingerprint density at radius 3 is 2.89 bits per heavy atom. The Labute approximate surface area is 111 Å². The van der Waals surface area contributed by atoms with E-state index in [0.29, 0.717) is 12.1 Å². The van der Waals surface area contributed by atoms with Crippen LogP contribution in [0.4, 0.5) is 0 Å². The van der Waals surface area contributed by atoms with E-state index >= 15 is 0 Å². The van der Waals surface area contributed by atoms with Crippen LogP contribution >= 0.6 is 11.6 Å². The second-order valence-electron chi connectivity index (χ2n) is 4.44. The zero-order valence-electron chi connectivity index (χ0n) is 10.5. The number of alkyl halides is 1. The number of para-hydroxylation sites is 1. The maximum absolute atomic E-state index is 12.3. The van der Waals surface area contributed by atoms with Crippen molar-refractivity contribution < 1.29 is 9.21 Å². The largest absolute Gasteiger partial charge is 0.463 e. The first-order valence-electron chi connectivity index (χ1n) is 5.95. The van der Waals surface area contributed by atoms with Crippen molar-refractivity contribution in [2.45, 2.75) is 18.7 Å². The summed E-state index contributed by atoms with van der Waals surface area (Å²) in [7, 11) is 1.78. The number of furan rings is 1. The molecule has 1 amide bonds. The molecule has 4 heteroatoms. The molecule has 1 atom stereocenters. The first-order valence-corrected chi connectivity index (χ1v) is 6.39. The molecule has 1 unspecified atom stereocenters. The average molecular weight is 266 g/mol. The molecule has 96 valence electrons. The molecule has 0 aliphatic heterocycles. The fraction of sp³-hybridized carbons (Fsp3) is 0.357. The minimum Gasteiger partial charge on any atom is -0.463 e. The Hall–Kier alpha value is -1.48. The Morgan fingerprint density at radius 1 is 1.44 bits per heavy atom. The third-order valence-electron chi connectivity index (χ3n) is 2.92. The van der Waals surface area contributed by atoms with E-state index in [9.17, 15) is 4.79 Å². The van der Waals surface area contributed by atoms with Gasteiger partial charge < -0.3 is 9.32 Å². The molecule has 0 spiro atoms. The van der Waals surface area contributed by atoms with Gasteiger partial charge >= 0.3 is 0 Å². The van der Waals surface area contributed by atoms with E-state index in [1.54, 1.807) is 11.9 Å². The lowest BCUT2D eigenvalue weighted by Crippen LogP contribution is -2.28. The van der Waals surface area contributed by atoms with Crippen molar-refractivity contribution in [3.05, 3.63) is 36.1 Å². The SMILES string of the molecule is CC(Cl)CCN(C)C(=O)c1coc2ccccc12. The molecule has 0 N–H and O–H groups in total. The second-order valence-corrected chi connectivity index (χ2v) is 5.19. The highest BCUT2D eigenvalue weighted by Crippen LogP contribution is 2.21. The molecule has 2 rings (SSSR count). The number of carbonyl (C=O) groups is 1. The summed E-state index contributed by atoms with van der Waals surface area (Å²) in [6, 6.07) is 7.53. The van der Waals surface area contributed by atoms with Crippen molar-refractivity contribution in [3.8, 4) is 0 Å². The van der Waals surface area contributed by atoms with Crippen LogP contribution < -0.4 is 0 Å². The van der Waals surface area contributed by atoms with E-state index in [0.717, 1.165) is 17.4 Å². The van der Waals surface area contributed by atoms with Crippen molar-refractivity contribution in [1.82, 2.24) is 4.90 Å². The van der Waals surface area contributed by atoms with E-state index in [2.05, 4.69) is 0 Å². The molecule has 1 heterocycles. The van der Waals surface area contributed by atoms with E-state index in [1.807, 2.05) is 31.2 Å². The smallest absolute Gasteiger partial charge is 0.257 e. The van der Waals surface area contributed by atoms with Gasteiger partial charge in [0.15, 0.2) is 0 Å². The number of hydrogen-bond donors (Lipinski definition) is 0. The fourth-order valence-corrected chi connectivity index (χ4v) is 1.92.